The van der Waals surface area contributed by atoms with Crippen LogP contribution in [0.5, 0.6) is 0 Å². The molecular weight excluding hydrogens is 438 g/mol. The number of hydrogen-bond acceptors (Lipinski definition) is 7. The number of aromatic nitrogens is 4. The minimum atomic E-state index is -0.813. The van der Waals surface area contributed by atoms with E-state index in [1.807, 2.05) is 10.8 Å². The lowest BCUT2D eigenvalue weighted by molar-refractivity contribution is -0.139. The van der Waals surface area contributed by atoms with Gasteiger partial charge in [0.1, 0.15) is 11.5 Å². The molecule has 4 rings (SSSR count). The van der Waals surface area contributed by atoms with Gasteiger partial charge in [-0.25, -0.2) is 9.78 Å². The van der Waals surface area contributed by atoms with Crippen LogP contribution in [0.2, 0.25) is 0 Å². The maximum atomic E-state index is 13.2. The number of aryl methyl sites for hydroxylation is 2. The van der Waals surface area contributed by atoms with E-state index in [-0.39, 0.29) is 23.6 Å². The molecule has 0 unspecified atom stereocenters. The van der Waals surface area contributed by atoms with Crippen LogP contribution in [-0.2, 0) is 20.9 Å². The standard InChI is InChI=1S/C24H25N5O5/c1-14-17(15(2)27-19(14)24(33)34-3)21(30)18-20(16-6-4-7-25-12-16)29(23(32)22(18)31)10-5-9-28-11-8-26-13-28/h4,6-8,11-13,20,27,30H,5,9-10H2,1-3H3/b21-18+/t20-/m0/s1. The maximum Gasteiger partial charge on any atom is 0.354 e. The molecule has 34 heavy (non-hydrogen) atoms. The zero-order chi connectivity index (χ0) is 24.4. The molecule has 1 aliphatic heterocycles. The van der Waals surface area contributed by atoms with E-state index in [2.05, 4.69) is 15.0 Å². The number of aromatic amines is 1. The van der Waals surface area contributed by atoms with Crippen LogP contribution in [0.25, 0.3) is 5.76 Å². The summed E-state index contributed by atoms with van der Waals surface area (Å²) in [6, 6.07) is 2.66. The second kappa shape index (κ2) is 9.34. The molecule has 10 heteroatoms. The van der Waals surface area contributed by atoms with Gasteiger partial charge in [-0.3, -0.25) is 14.6 Å². The monoisotopic (exact) mass is 463 g/mol. The van der Waals surface area contributed by atoms with E-state index < -0.39 is 23.7 Å². The number of aliphatic hydroxyl groups excluding tert-OH is 1. The van der Waals surface area contributed by atoms with Gasteiger partial charge in [-0.05, 0) is 37.5 Å². The topological polar surface area (TPSA) is 130 Å². The summed E-state index contributed by atoms with van der Waals surface area (Å²) in [5.74, 6) is -2.41. The fraction of sp³-hybridized carbons (Fsp3) is 0.292. The number of Topliss-reactive ketones (excluding diaryl/α,β-unsaturated/α-hetero) is 1. The molecule has 176 valence electrons. The molecule has 1 atom stereocenters. The molecule has 0 aliphatic carbocycles. The summed E-state index contributed by atoms with van der Waals surface area (Å²) in [5.41, 5.74) is 1.94. The highest BCUT2D eigenvalue weighted by atomic mass is 16.5. The van der Waals surface area contributed by atoms with Crippen molar-refractivity contribution in [3.63, 3.8) is 0 Å². The molecular formula is C24H25N5O5. The normalized spacial score (nSPS) is 17.4. The summed E-state index contributed by atoms with van der Waals surface area (Å²) in [5, 5.41) is 11.3. The minimum Gasteiger partial charge on any atom is -0.507 e. The Morgan fingerprint density at radius 3 is 2.65 bits per heavy atom. The van der Waals surface area contributed by atoms with Crippen molar-refractivity contribution >= 4 is 23.4 Å². The summed E-state index contributed by atoms with van der Waals surface area (Å²) < 4.78 is 6.68. The van der Waals surface area contributed by atoms with Crippen LogP contribution in [0.3, 0.4) is 0 Å². The Hall–Kier alpha value is -4.21. The van der Waals surface area contributed by atoms with Gasteiger partial charge in [-0.2, -0.15) is 0 Å². The van der Waals surface area contributed by atoms with E-state index in [0.29, 0.717) is 35.3 Å². The molecule has 1 aliphatic rings. The van der Waals surface area contributed by atoms with Gasteiger partial charge in [-0.1, -0.05) is 6.07 Å². The molecule has 1 fully saturated rings. The number of carbonyl (C=O) groups is 3. The first-order chi connectivity index (χ1) is 16.3. The first-order valence-corrected chi connectivity index (χ1v) is 10.8. The average Bonchev–Trinajstić information content (AvgIpc) is 3.52. The highest BCUT2D eigenvalue weighted by molar-refractivity contribution is 6.46. The van der Waals surface area contributed by atoms with E-state index in [0.717, 1.165) is 0 Å². The number of carbonyl (C=O) groups excluding carboxylic acids is 3. The zero-order valence-corrected chi connectivity index (χ0v) is 19.1. The number of nitrogens with zero attached hydrogens (tertiary/aromatic N) is 4. The Morgan fingerprint density at radius 2 is 2.00 bits per heavy atom. The SMILES string of the molecule is COC(=O)c1[nH]c(C)c(/C(O)=C2\C(=O)C(=O)N(CCCn3ccnc3)[C@H]2c2cccnc2)c1C. The van der Waals surface area contributed by atoms with Crippen LogP contribution in [0.4, 0.5) is 0 Å². The molecule has 4 heterocycles. The summed E-state index contributed by atoms with van der Waals surface area (Å²) >= 11 is 0. The third kappa shape index (κ3) is 3.98. The van der Waals surface area contributed by atoms with E-state index in [1.54, 1.807) is 50.9 Å². The van der Waals surface area contributed by atoms with E-state index in [4.69, 9.17) is 4.74 Å². The van der Waals surface area contributed by atoms with Crippen LogP contribution in [0.15, 0.2) is 48.8 Å². The number of methoxy groups -OCH3 is 1. The number of rotatable bonds is 7. The molecule has 2 N–H and O–H groups in total. The minimum absolute atomic E-state index is 0.0396. The summed E-state index contributed by atoms with van der Waals surface area (Å²) in [6.45, 7) is 4.22. The number of aliphatic hydroxyl groups is 1. The second-order valence-electron chi connectivity index (χ2n) is 8.05. The maximum absolute atomic E-state index is 13.2. The number of esters is 1. The molecule has 0 spiro atoms. The fourth-order valence-electron chi connectivity index (χ4n) is 4.38. The molecule has 10 nitrogen and oxygen atoms in total. The van der Waals surface area contributed by atoms with Crippen molar-refractivity contribution in [3.8, 4) is 0 Å². The number of H-pyrrole nitrogens is 1. The first-order valence-electron chi connectivity index (χ1n) is 10.8. The van der Waals surface area contributed by atoms with Gasteiger partial charge in [-0.15, -0.1) is 0 Å². The number of ether oxygens (including phenoxy) is 1. The number of nitrogens with one attached hydrogen (secondary N) is 1. The Bertz CT molecular complexity index is 1260. The van der Waals surface area contributed by atoms with Crippen molar-refractivity contribution in [1.82, 2.24) is 24.4 Å². The lowest BCUT2D eigenvalue weighted by Crippen LogP contribution is -2.31. The molecule has 1 saturated heterocycles. The predicted molar refractivity (Wildman–Crippen MR) is 122 cm³/mol. The van der Waals surface area contributed by atoms with Gasteiger partial charge in [0.25, 0.3) is 11.7 Å². The zero-order valence-electron chi connectivity index (χ0n) is 19.1. The number of ketones is 1. The molecule has 1 amide bonds. The van der Waals surface area contributed by atoms with Gasteiger partial charge in [0.2, 0.25) is 0 Å². The molecule has 3 aromatic heterocycles. The van der Waals surface area contributed by atoms with E-state index in [9.17, 15) is 19.5 Å². The lowest BCUT2D eigenvalue weighted by Gasteiger charge is -2.25. The van der Waals surface area contributed by atoms with E-state index in [1.165, 1.54) is 12.0 Å². The van der Waals surface area contributed by atoms with Crippen LogP contribution < -0.4 is 0 Å². The van der Waals surface area contributed by atoms with Crippen LogP contribution in [0.1, 0.15) is 45.3 Å². The quantitative estimate of drug-likeness (QED) is 0.238. The third-order valence-electron chi connectivity index (χ3n) is 5.98. The van der Waals surface area contributed by atoms with Gasteiger partial charge >= 0.3 is 5.97 Å². The van der Waals surface area contributed by atoms with Gasteiger partial charge < -0.3 is 24.3 Å². The van der Waals surface area contributed by atoms with Crippen molar-refractivity contribution in [3.05, 3.63) is 76.9 Å². The van der Waals surface area contributed by atoms with Crippen molar-refractivity contribution in [2.45, 2.75) is 32.9 Å². The fourth-order valence-corrected chi connectivity index (χ4v) is 4.38. The largest absolute Gasteiger partial charge is 0.507 e. The lowest BCUT2D eigenvalue weighted by atomic mass is 9.95. The Balaban J connectivity index is 1.78. The first kappa shape index (κ1) is 23.0. The average molecular weight is 463 g/mol. The molecule has 0 radical (unpaired) electrons. The summed E-state index contributed by atoms with van der Waals surface area (Å²) in [4.78, 5) is 50.9. The molecule has 0 bridgehead atoms. The number of pyridine rings is 1. The van der Waals surface area contributed by atoms with Crippen LogP contribution >= 0.6 is 0 Å². The second-order valence-corrected chi connectivity index (χ2v) is 8.05. The number of likely N-dealkylation sites (tertiary alicyclic amines) is 1. The summed E-state index contributed by atoms with van der Waals surface area (Å²) in [7, 11) is 1.26. The van der Waals surface area contributed by atoms with Crippen molar-refractivity contribution in [2.24, 2.45) is 0 Å². The van der Waals surface area contributed by atoms with Crippen molar-refractivity contribution in [1.29, 1.82) is 0 Å². The third-order valence-corrected chi connectivity index (χ3v) is 5.98. The Morgan fingerprint density at radius 1 is 1.21 bits per heavy atom. The van der Waals surface area contributed by atoms with E-state index >= 15 is 0 Å². The van der Waals surface area contributed by atoms with Crippen molar-refractivity contribution < 1.29 is 24.2 Å². The van der Waals surface area contributed by atoms with Gasteiger partial charge in [0.05, 0.1) is 25.1 Å². The van der Waals surface area contributed by atoms with Gasteiger partial charge in [0.15, 0.2) is 0 Å². The van der Waals surface area contributed by atoms with Crippen LogP contribution in [-0.4, -0.2) is 60.8 Å². The molecule has 0 saturated carbocycles. The Labute approximate surface area is 195 Å². The number of hydrogen-bond donors (Lipinski definition) is 2. The summed E-state index contributed by atoms with van der Waals surface area (Å²) in [6.07, 6.45) is 8.92. The smallest absolute Gasteiger partial charge is 0.354 e. The highest BCUT2D eigenvalue weighted by Crippen LogP contribution is 2.40. The van der Waals surface area contributed by atoms with Gasteiger partial charge in [0, 0.05) is 49.1 Å². The predicted octanol–water partition coefficient (Wildman–Crippen LogP) is 2.52. The molecule has 0 aromatic carbocycles. The number of amides is 1. The Kier molecular flexibility index (Phi) is 6.31. The van der Waals surface area contributed by atoms with Crippen molar-refractivity contribution in [2.75, 3.05) is 13.7 Å². The van der Waals surface area contributed by atoms with Crippen LogP contribution in [0, 0.1) is 13.8 Å². The number of imidazole rings is 1. The highest BCUT2D eigenvalue weighted by Gasteiger charge is 2.46. The molecule has 3 aromatic rings.